The van der Waals surface area contributed by atoms with Gasteiger partial charge in [0.15, 0.2) is 0 Å². The highest BCUT2D eigenvalue weighted by Gasteiger charge is 2.18. The Kier molecular flexibility index (Phi) is 2.01. The van der Waals surface area contributed by atoms with Crippen molar-refractivity contribution in [2.75, 3.05) is 10.6 Å². The van der Waals surface area contributed by atoms with Crippen molar-refractivity contribution in [1.82, 2.24) is 0 Å². The Bertz CT molecular complexity index is 608. The van der Waals surface area contributed by atoms with Gasteiger partial charge >= 0.3 is 0 Å². The molecule has 0 unspecified atom stereocenters. The minimum absolute atomic E-state index is 0.122. The van der Waals surface area contributed by atoms with Crippen LogP contribution in [0, 0.1) is 0 Å². The minimum atomic E-state index is -0.183. The van der Waals surface area contributed by atoms with Gasteiger partial charge in [-0.2, -0.15) is 0 Å². The second kappa shape index (κ2) is 3.52. The van der Waals surface area contributed by atoms with Gasteiger partial charge in [-0.15, -0.1) is 0 Å². The molecule has 4 nitrogen and oxygen atoms in total. The molecule has 0 bridgehead atoms. The Morgan fingerprint density at radius 2 is 1.71 bits per heavy atom. The van der Waals surface area contributed by atoms with Gasteiger partial charge in [-0.3, -0.25) is 4.79 Å². The lowest BCUT2D eigenvalue weighted by molar-refractivity contribution is 0.102. The molecule has 1 amide bonds. The lowest BCUT2D eigenvalue weighted by atomic mass is 10.1. The summed E-state index contributed by atoms with van der Waals surface area (Å²) in [5.41, 5.74) is 2.69. The van der Waals surface area contributed by atoms with Gasteiger partial charge in [0.05, 0.1) is 22.6 Å². The highest BCUT2D eigenvalue weighted by atomic mass is 16.3. The van der Waals surface area contributed by atoms with Crippen molar-refractivity contribution >= 4 is 23.0 Å². The number of benzene rings is 2. The number of para-hydroxylation sites is 1. The minimum Gasteiger partial charge on any atom is -0.508 e. The molecule has 84 valence electrons. The molecule has 0 aromatic heterocycles. The summed E-state index contributed by atoms with van der Waals surface area (Å²) in [4.78, 5) is 11.9. The number of rotatable bonds is 0. The predicted octanol–water partition coefficient (Wildman–Crippen LogP) is 2.70. The van der Waals surface area contributed by atoms with Crippen molar-refractivity contribution in [1.29, 1.82) is 0 Å². The van der Waals surface area contributed by atoms with Crippen LogP contribution in [0.2, 0.25) is 0 Å². The lowest BCUT2D eigenvalue weighted by Gasteiger charge is -2.08. The van der Waals surface area contributed by atoms with Crippen LogP contribution in [-0.4, -0.2) is 11.0 Å². The zero-order chi connectivity index (χ0) is 11.8. The summed E-state index contributed by atoms with van der Waals surface area (Å²) in [6.45, 7) is 0. The molecule has 0 saturated carbocycles. The van der Waals surface area contributed by atoms with E-state index in [4.69, 9.17) is 0 Å². The van der Waals surface area contributed by atoms with E-state index in [1.807, 2.05) is 18.2 Å². The fraction of sp³-hybridized carbons (Fsp3) is 0. The van der Waals surface area contributed by atoms with Gasteiger partial charge in [0.25, 0.3) is 5.91 Å². The summed E-state index contributed by atoms with van der Waals surface area (Å²) >= 11 is 0. The molecule has 1 heterocycles. The molecule has 3 rings (SSSR count). The summed E-state index contributed by atoms with van der Waals surface area (Å²) < 4.78 is 0. The van der Waals surface area contributed by atoms with Gasteiger partial charge in [-0.05, 0) is 24.3 Å². The number of amides is 1. The van der Waals surface area contributed by atoms with Crippen molar-refractivity contribution in [2.45, 2.75) is 0 Å². The maximum atomic E-state index is 11.9. The maximum Gasteiger partial charge on any atom is 0.257 e. The van der Waals surface area contributed by atoms with Gasteiger partial charge in [0, 0.05) is 6.07 Å². The van der Waals surface area contributed by atoms with Crippen molar-refractivity contribution in [3.05, 3.63) is 48.0 Å². The number of carbonyl (C=O) groups is 1. The van der Waals surface area contributed by atoms with Gasteiger partial charge < -0.3 is 15.7 Å². The number of nitrogens with one attached hydrogen (secondary N) is 2. The third kappa shape index (κ3) is 1.59. The molecule has 2 aromatic rings. The number of fused-ring (bicyclic) bond motifs is 2. The molecular weight excluding hydrogens is 216 g/mol. The molecule has 0 fully saturated rings. The molecular formula is C13H10N2O2. The van der Waals surface area contributed by atoms with Gasteiger partial charge in [0.2, 0.25) is 0 Å². The Morgan fingerprint density at radius 1 is 0.882 bits per heavy atom. The zero-order valence-corrected chi connectivity index (χ0v) is 8.90. The largest absolute Gasteiger partial charge is 0.508 e. The van der Waals surface area contributed by atoms with Crippen molar-refractivity contribution in [3.8, 4) is 5.75 Å². The Labute approximate surface area is 97.9 Å². The monoisotopic (exact) mass is 226 g/mol. The number of phenols is 1. The van der Waals surface area contributed by atoms with Crippen LogP contribution >= 0.6 is 0 Å². The van der Waals surface area contributed by atoms with E-state index in [1.165, 1.54) is 6.07 Å². The van der Waals surface area contributed by atoms with Crippen LogP contribution in [0.4, 0.5) is 17.1 Å². The number of hydrogen-bond acceptors (Lipinski definition) is 3. The van der Waals surface area contributed by atoms with Crippen LogP contribution in [0.3, 0.4) is 0 Å². The zero-order valence-electron chi connectivity index (χ0n) is 8.90. The molecule has 0 radical (unpaired) electrons. The van der Waals surface area contributed by atoms with Crippen LogP contribution in [-0.2, 0) is 0 Å². The van der Waals surface area contributed by atoms with Gasteiger partial charge in [0.1, 0.15) is 5.75 Å². The molecule has 17 heavy (non-hydrogen) atoms. The quantitative estimate of drug-likeness (QED) is 0.605. The van der Waals surface area contributed by atoms with Crippen molar-refractivity contribution < 1.29 is 9.90 Å². The Balaban J connectivity index is 2.17. The van der Waals surface area contributed by atoms with E-state index in [0.29, 0.717) is 11.3 Å². The predicted molar refractivity (Wildman–Crippen MR) is 65.8 cm³/mol. The first kappa shape index (κ1) is 9.72. The van der Waals surface area contributed by atoms with Crippen LogP contribution < -0.4 is 10.6 Å². The summed E-state index contributed by atoms with van der Waals surface area (Å²) in [6.07, 6.45) is 0. The first-order valence-electron chi connectivity index (χ1n) is 5.24. The van der Waals surface area contributed by atoms with E-state index in [-0.39, 0.29) is 11.7 Å². The van der Waals surface area contributed by atoms with Crippen molar-refractivity contribution in [3.63, 3.8) is 0 Å². The van der Waals surface area contributed by atoms with Crippen LogP contribution in [0.1, 0.15) is 10.4 Å². The van der Waals surface area contributed by atoms with E-state index in [9.17, 15) is 9.90 Å². The maximum absolute atomic E-state index is 11.9. The number of anilines is 3. The highest BCUT2D eigenvalue weighted by molar-refractivity contribution is 6.12. The fourth-order valence-electron chi connectivity index (χ4n) is 1.87. The van der Waals surface area contributed by atoms with Gasteiger partial charge in [-0.1, -0.05) is 12.1 Å². The van der Waals surface area contributed by atoms with Crippen molar-refractivity contribution in [2.24, 2.45) is 0 Å². The average molecular weight is 226 g/mol. The summed E-state index contributed by atoms with van der Waals surface area (Å²) in [5.74, 6) is -0.0609. The van der Waals surface area contributed by atoms with Crippen LogP contribution in [0.15, 0.2) is 42.5 Å². The normalized spacial score (nSPS) is 12.8. The number of hydrogen-bond donors (Lipinski definition) is 3. The molecule has 0 saturated heterocycles. The summed E-state index contributed by atoms with van der Waals surface area (Å²) in [6, 6.07) is 12.1. The second-order valence-corrected chi connectivity index (χ2v) is 3.85. The summed E-state index contributed by atoms with van der Waals surface area (Å²) in [5, 5.41) is 15.3. The van der Waals surface area contributed by atoms with E-state index < -0.39 is 0 Å². The van der Waals surface area contributed by atoms with Crippen LogP contribution in [0.5, 0.6) is 5.75 Å². The van der Waals surface area contributed by atoms with E-state index in [2.05, 4.69) is 10.6 Å². The first-order chi connectivity index (χ1) is 8.24. The smallest absolute Gasteiger partial charge is 0.257 e. The molecule has 0 spiro atoms. The number of aromatic hydroxyl groups is 1. The topological polar surface area (TPSA) is 61.4 Å². The number of phenolic OH excluding ortho intramolecular Hbond substituents is 1. The highest BCUT2D eigenvalue weighted by Crippen LogP contribution is 2.33. The third-order valence-corrected chi connectivity index (χ3v) is 2.69. The van der Waals surface area contributed by atoms with Crippen LogP contribution in [0.25, 0.3) is 0 Å². The molecule has 0 atom stereocenters. The molecule has 4 heteroatoms. The second-order valence-electron chi connectivity index (χ2n) is 3.85. The molecule has 1 aliphatic rings. The molecule has 1 aliphatic heterocycles. The summed E-state index contributed by atoms with van der Waals surface area (Å²) in [7, 11) is 0. The number of carbonyl (C=O) groups excluding carboxylic acids is 1. The Morgan fingerprint density at radius 3 is 2.59 bits per heavy atom. The van der Waals surface area contributed by atoms with E-state index >= 15 is 0 Å². The fourth-order valence-corrected chi connectivity index (χ4v) is 1.87. The SMILES string of the molecule is O=C1Nc2cc(O)ccc2Nc2ccccc21. The molecule has 3 N–H and O–H groups in total. The first-order valence-corrected chi connectivity index (χ1v) is 5.24. The lowest BCUT2D eigenvalue weighted by Crippen LogP contribution is -2.10. The van der Waals surface area contributed by atoms with Gasteiger partial charge in [-0.25, -0.2) is 0 Å². The van der Waals surface area contributed by atoms with E-state index in [1.54, 1.807) is 18.2 Å². The Hall–Kier alpha value is -2.49. The standard InChI is InChI=1S/C13H10N2O2/c16-8-5-6-11-12(7-8)15-13(17)9-3-1-2-4-10(9)14-11/h1-7,14,16H,(H,15,17). The average Bonchev–Trinajstić information content (AvgIpc) is 2.46. The third-order valence-electron chi connectivity index (χ3n) is 2.69. The molecule has 0 aliphatic carbocycles. The van der Waals surface area contributed by atoms with E-state index in [0.717, 1.165) is 11.4 Å². The molecule has 2 aromatic carbocycles.